The van der Waals surface area contributed by atoms with Crippen molar-refractivity contribution < 1.29 is 14.6 Å². The second-order valence-electron chi connectivity index (χ2n) is 7.62. The van der Waals surface area contributed by atoms with Gasteiger partial charge in [0.2, 0.25) is 0 Å². The molecule has 136 valence electrons. The van der Waals surface area contributed by atoms with Crippen molar-refractivity contribution in [3.63, 3.8) is 0 Å². The van der Waals surface area contributed by atoms with Gasteiger partial charge in [0.1, 0.15) is 0 Å². The summed E-state index contributed by atoms with van der Waals surface area (Å²) in [5.74, 6) is 0.460. The molecule has 0 aliphatic carbocycles. The lowest BCUT2D eigenvalue weighted by atomic mass is 9.92. The van der Waals surface area contributed by atoms with Crippen molar-refractivity contribution in [2.75, 3.05) is 46.1 Å². The minimum absolute atomic E-state index is 0.460. The third-order valence-corrected chi connectivity index (χ3v) is 5.51. The van der Waals surface area contributed by atoms with Crippen LogP contribution in [0, 0.1) is 5.92 Å². The van der Waals surface area contributed by atoms with E-state index in [-0.39, 0.29) is 0 Å². The van der Waals surface area contributed by atoms with Crippen LogP contribution < -0.4 is 0 Å². The lowest BCUT2D eigenvalue weighted by Crippen LogP contribution is -2.48. The monoisotopic (exact) mass is 344 g/mol. The Bertz CT molecular complexity index is 693. The molecular weight excluding hydrogens is 316 g/mol. The Kier molecular flexibility index (Phi) is 5.08. The second-order valence-corrected chi connectivity index (χ2v) is 7.62. The summed E-state index contributed by atoms with van der Waals surface area (Å²) in [6.45, 7) is 5.49. The molecule has 0 saturated carbocycles. The fraction of sp³-hybridized carbons (Fsp3) is 0.600. The Hall–Kier alpha value is -1.40. The van der Waals surface area contributed by atoms with E-state index in [1.807, 2.05) is 6.20 Å². The van der Waals surface area contributed by atoms with E-state index in [0.717, 1.165) is 52.1 Å². The van der Waals surface area contributed by atoms with Crippen molar-refractivity contribution in [2.24, 2.45) is 5.92 Å². The summed E-state index contributed by atoms with van der Waals surface area (Å²) < 4.78 is 11.3. The van der Waals surface area contributed by atoms with Crippen molar-refractivity contribution in [3.8, 4) is 0 Å². The maximum Gasteiger partial charge on any atom is 0.0817 e. The van der Waals surface area contributed by atoms with Crippen molar-refractivity contribution in [1.29, 1.82) is 0 Å². The number of aromatic amines is 1. The Morgan fingerprint density at radius 1 is 1.16 bits per heavy atom. The van der Waals surface area contributed by atoms with Gasteiger partial charge in [0, 0.05) is 57.4 Å². The first kappa shape index (κ1) is 17.0. The Labute approximate surface area is 148 Å². The summed E-state index contributed by atoms with van der Waals surface area (Å²) in [4.78, 5) is 5.63. The first-order valence-electron chi connectivity index (χ1n) is 9.36. The Morgan fingerprint density at radius 2 is 2.04 bits per heavy atom. The number of β-amino-alcohol motifs (C(OH)–C–C–N with tert-alkyl or cyclic N) is 1. The molecule has 0 bridgehead atoms. The van der Waals surface area contributed by atoms with Gasteiger partial charge < -0.3 is 19.6 Å². The van der Waals surface area contributed by atoms with Gasteiger partial charge in [0.05, 0.1) is 18.8 Å². The highest BCUT2D eigenvalue weighted by Crippen LogP contribution is 2.24. The second kappa shape index (κ2) is 7.46. The predicted octanol–water partition coefficient (Wildman–Crippen LogP) is 2.20. The molecule has 4 rings (SSSR count). The standard InChI is InChI=1S/C20H28N2O3/c23-20(4-8-24-9-5-20)15-22-7-10-25-14-17(13-22)11-16-1-2-19-18(12-16)3-6-21-19/h1-3,6,12,17,21,23H,4-5,7-11,13-15H2/t17-/m1/s1. The number of nitrogens with zero attached hydrogens (tertiary/aromatic N) is 1. The van der Waals surface area contributed by atoms with Crippen LogP contribution in [0.25, 0.3) is 10.9 Å². The summed E-state index contributed by atoms with van der Waals surface area (Å²) in [6.07, 6.45) is 4.47. The van der Waals surface area contributed by atoms with Crippen LogP contribution in [0.4, 0.5) is 0 Å². The van der Waals surface area contributed by atoms with Crippen molar-refractivity contribution in [3.05, 3.63) is 36.0 Å². The van der Waals surface area contributed by atoms with Crippen LogP contribution in [0.3, 0.4) is 0 Å². The molecule has 1 atom stereocenters. The third-order valence-electron chi connectivity index (χ3n) is 5.51. The highest BCUT2D eigenvalue weighted by Gasteiger charge is 2.33. The SMILES string of the molecule is OC1(CN2CCOC[C@H](Cc3ccc4[nH]ccc4c3)C2)CCOCC1. The summed E-state index contributed by atoms with van der Waals surface area (Å²) in [5, 5.41) is 12.1. The number of aromatic nitrogens is 1. The van der Waals surface area contributed by atoms with E-state index in [9.17, 15) is 5.11 Å². The fourth-order valence-corrected chi connectivity index (χ4v) is 4.11. The van der Waals surface area contributed by atoms with Gasteiger partial charge in [-0.1, -0.05) is 6.07 Å². The molecule has 2 aliphatic heterocycles. The van der Waals surface area contributed by atoms with Gasteiger partial charge in [-0.3, -0.25) is 4.90 Å². The maximum absolute atomic E-state index is 10.8. The number of H-pyrrole nitrogens is 1. The first-order valence-corrected chi connectivity index (χ1v) is 9.36. The molecule has 1 aromatic carbocycles. The molecule has 0 spiro atoms. The summed E-state index contributed by atoms with van der Waals surface area (Å²) in [6, 6.07) is 8.76. The van der Waals surface area contributed by atoms with Crippen molar-refractivity contribution >= 4 is 10.9 Å². The van der Waals surface area contributed by atoms with E-state index in [2.05, 4.69) is 34.1 Å². The molecule has 3 heterocycles. The number of hydrogen-bond acceptors (Lipinski definition) is 4. The fourth-order valence-electron chi connectivity index (χ4n) is 4.11. The minimum Gasteiger partial charge on any atom is -0.388 e. The predicted molar refractivity (Wildman–Crippen MR) is 97.8 cm³/mol. The van der Waals surface area contributed by atoms with Gasteiger partial charge in [0.15, 0.2) is 0 Å². The molecule has 2 fully saturated rings. The average molecular weight is 344 g/mol. The van der Waals surface area contributed by atoms with E-state index in [4.69, 9.17) is 9.47 Å². The number of hydrogen-bond donors (Lipinski definition) is 2. The number of aliphatic hydroxyl groups is 1. The van der Waals surface area contributed by atoms with Crippen LogP contribution in [-0.2, 0) is 15.9 Å². The number of ether oxygens (including phenoxy) is 2. The van der Waals surface area contributed by atoms with Crippen LogP contribution in [-0.4, -0.2) is 66.7 Å². The van der Waals surface area contributed by atoms with Crippen LogP contribution in [0.15, 0.2) is 30.5 Å². The van der Waals surface area contributed by atoms with E-state index in [1.54, 1.807) is 0 Å². The van der Waals surface area contributed by atoms with E-state index < -0.39 is 5.60 Å². The molecular formula is C20H28N2O3. The van der Waals surface area contributed by atoms with Gasteiger partial charge >= 0.3 is 0 Å². The molecule has 2 saturated heterocycles. The van der Waals surface area contributed by atoms with Gasteiger partial charge in [-0.15, -0.1) is 0 Å². The summed E-state index contributed by atoms with van der Waals surface area (Å²) >= 11 is 0. The molecule has 2 aromatic rings. The van der Waals surface area contributed by atoms with E-state index in [0.29, 0.717) is 19.1 Å². The number of fused-ring (bicyclic) bond motifs is 1. The zero-order chi connectivity index (χ0) is 17.1. The molecule has 5 heteroatoms. The Balaban J connectivity index is 1.40. The number of rotatable bonds is 4. The van der Waals surface area contributed by atoms with Crippen LogP contribution >= 0.6 is 0 Å². The normalized spacial score (nSPS) is 25.1. The highest BCUT2D eigenvalue weighted by atomic mass is 16.5. The minimum atomic E-state index is -0.600. The molecule has 25 heavy (non-hydrogen) atoms. The molecule has 0 radical (unpaired) electrons. The molecule has 2 aliphatic rings. The smallest absolute Gasteiger partial charge is 0.0817 e. The Morgan fingerprint density at radius 3 is 2.92 bits per heavy atom. The molecule has 2 N–H and O–H groups in total. The zero-order valence-electron chi connectivity index (χ0n) is 14.7. The quantitative estimate of drug-likeness (QED) is 0.893. The van der Waals surface area contributed by atoms with Crippen LogP contribution in [0.1, 0.15) is 18.4 Å². The van der Waals surface area contributed by atoms with Crippen molar-refractivity contribution in [1.82, 2.24) is 9.88 Å². The third kappa shape index (κ3) is 4.23. The van der Waals surface area contributed by atoms with Gasteiger partial charge in [-0.25, -0.2) is 0 Å². The number of nitrogens with one attached hydrogen (secondary N) is 1. The lowest BCUT2D eigenvalue weighted by molar-refractivity contribution is -0.0804. The largest absolute Gasteiger partial charge is 0.388 e. The summed E-state index contributed by atoms with van der Waals surface area (Å²) in [7, 11) is 0. The van der Waals surface area contributed by atoms with Gasteiger partial charge in [-0.05, 0) is 41.5 Å². The molecule has 0 amide bonds. The maximum atomic E-state index is 10.8. The average Bonchev–Trinajstić information content (AvgIpc) is 2.96. The molecule has 1 aromatic heterocycles. The highest BCUT2D eigenvalue weighted by molar-refractivity contribution is 5.79. The number of benzene rings is 1. The van der Waals surface area contributed by atoms with Crippen LogP contribution in [0.2, 0.25) is 0 Å². The van der Waals surface area contributed by atoms with E-state index in [1.165, 1.54) is 16.5 Å². The van der Waals surface area contributed by atoms with Gasteiger partial charge in [-0.2, -0.15) is 0 Å². The lowest BCUT2D eigenvalue weighted by Gasteiger charge is -2.37. The molecule has 0 unspecified atom stereocenters. The first-order chi connectivity index (χ1) is 12.2. The topological polar surface area (TPSA) is 57.7 Å². The van der Waals surface area contributed by atoms with Crippen LogP contribution in [0.5, 0.6) is 0 Å². The summed E-state index contributed by atoms with van der Waals surface area (Å²) in [5.41, 5.74) is 1.94. The van der Waals surface area contributed by atoms with Gasteiger partial charge in [0.25, 0.3) is 0 Å². The zero-order valence-corrected chi connectivity index (χ0v) is 14.7. The van der Waals surface area contributed by atoms with Crippen molar-refractivity contribution in [2.45, 2.75) is 24.9 Å². The van der Waals surface area contributed by atoms with E-state index >= 15 is 0 Å². The molecule has 5 nitrogen and oxygen atoms in total.